The maximum Gasteiger partial charge on any atom is 0.101 e. The van der Waals surface area contributed by atoms with Crippen molar-refractivity contribution in [3.05, 3.63) is 0 Å². The molecule has 0 rings (SSSR count). The smallest absolute Gasteiger partial charge is 0.101 e. The molecule has 0 radical (unpaired) electrons. The quantitative estimate of drug-likeness (QED) is 0.364. The second-order valence-electron chi connectivity index (χ2n) is 1.000. The molecule has 0 aromatic rings. The van der Waals surface area contributed by atoms with E-state index in [9.17, 15) is 0 Å². The lowest BCUT2D eigenvalue weighted by molar-refractivity contribution is 0.823. The minimum absolute atomic E-state index is 0. The molecule has 0 fully saturated rings. The van der Waals surface area contributed by atoms with Gasteiger partial charge in [0.2, 0.25) is 0 Å². The summed E-state index contributed by atoms with van der Waals surface area (Å²) in [6, 6.07) is 0. The second kappa shape index (κ2) is 20.1. The molecular weight excluding hydrogens is 78.8 g/mol. The molecule has 0 amide bonds. The van der Waals surface area contributed by atoms with Crippen LogP contribution < -0.4 is 0 Å². The molecule has 0 aliphatic rings. The van der Waals surface area contributed by atoms with Gasteiger partial charge in [0.25, 0.3) is 0 Å². The van der Waals surface area contributed by atoms with Crippen molar-refractivity contribution >= 4 is 7.85 Å². The van der Waals surface area contributed by atoms with E-state index in [4.69, 9.17) is 0 Å². The molecule has 0 spiro atoms. The molecular formula is C3H13BO2. The maximum absolute atomic E-state index is 2.18. The fraction of sp³-hybridized carbons (Fsp3) is 1.00. The van der Waals surface area contributed by atoms with E-state index in [0.717, 1.165) is 0 Å². The second-order valence-corrected chi connectivity index (χ2v) is 1.000. The highest BCUT2D eigenvalue weighted by atomic mass is 16.0. The van der Waals surface area contributed by atoms with Gasteiger partial charge in [0.1, 0.15) is 7.85 Å². The van der Waals surface area contributed by atoms with Crippen LogP contribution in [0.3, 0.4) is 0 Å². The molecule has 0 aromatic heterocycles. The molecule has 6 heavy (non-hydrogen) atoms. The standard InChI is InChI=1S/C3H9B.2H2O/c1-2-3-4;;/h2-4H2,1H3;2*1H2. The summed E-state index contributed by atoms with van der Waals surface area (Å²) in [5.74, 6) is 0. The predicted molar refractivity (Wildman–Crippen MR) is 30.9 cm³/mol. The van der Waals surface area contributed by atoms with E-state index in [-0.39, 0.29) is 11.0 Å². The highest BCUT2D eigenvalue weighted by Gasteiger charge is 1.57. The van der Waals surface area contributed by atoms with Crippen molar-refractivity contribution in [1.82, 2.24) is 0 Å². The molecule has 0 bridgehead atoms. The topological polar surface area (TPSA) is 63.0 Å². The van der Waals surface area contributed by atoms with Crippen molar-refractivity contribution in [2.75, 3.05) is 0 Å². The fourth-order valence-electron chi connectivity index (χ4n) is 0. The van der Waals surface area contributed by atoms with E-state index in [0.29, 0.717) is 0 Å². The fourth-order valence-corrected chi connectivity index (χ4v) is 0. The summed E-state index contributed by atoms with van der Waals surface area (Å²) < 4.78 is 0. The Labute approximate surface area is 39.6 Å². The largest absolute Gasteiger partial charge is 0.412 e. The van der Waals surface area contributed by atoms with Gasteiger partial charge in [-0.05, 0) is 0 Å². The third-order valence-electron chi connectivity index (χ3n) is 0.500. The van der Waals surface area contributed by atoms with Crippen LogP contribution in [0.1, 0.15) is 13.3 Å². The van der Waals surface area contributed by atoms with Crippen LogP contribution in [0.4, 0.5) is 0 Å². The van der Waals surface area contributed by atoms with Crippen LogP contribution in [0, 0.1) is 0 Å². The van der Waals surface area contributed by atoms with E-state index in [1.54, 1.807) is 0 Å². The first kappa shape index (κ1) is 16.7. The Morgan fingerprint density at radius 2 is 1.50 bits per heavy atom. The summed E-state index contributed by atoms with van der Waals surface area (Å²) >= 11 is 0. The highest BCUT2D eigenvalue weighted by Crippen LogP contribution is 1.73. The van der Waals surface area contributed by atoms with E-state index in [2.05, 4.69) is 14.8 Å². The SMILES string of the molecule is BCCC.O.O. The van der Waals surface area contributed by atoms with Crippen molar-refractivity contribution in [2.24, 2.45) is 0 Å². The van der Waals surface area contributed by atoms with Gasteiger partial charge in [-0.3, -0.25) is 0 Å². The zero-order valence-electron chi connectivity index (χ0n) is 4.41. The molecule has 0 aliphatic heterocycles. The number of hydrogen-bond donors (Lipinski definition) is 0. The summed E-state index contributed by atoms with van der Waals surface area (Å²) in [7, 11) is 2.18. The van der Waals surface area contributed by atoms with Crippen LogP contribution in [0.2, 0.25) is 6.32 Å². The molecule has 0 aliphatic carbocycles. The molecule has 0 atom stereocenters. The monoisotopic (exact) mass is 92.1 g/mol. The maximum atomic E-state index is 2.18. The lowest BCUT2D eigenvalue weighted by Crippen LogP contribution is -1.55. The molecule has 2 nitrogen and oxygen atoms in total. The first-order chi connectivity index (χ1) is 1.91. The first-order valence-corrected chi connectivity index (χ1v) is 1.91. The predicted octanol–water partition coefficient (Wildman–Crippen LogP) is -1.20. The molecule has 0 saturated heterocycles. The third kappa shape index (κ3) is 36.6. The Bertz CT molecular complexity index is 10.8. The van der Waals surface area contributed by atoms with Gasteiger partial charge in [-0.15, -0.1) is 0 Å². The van der Waals surface area contributed by atoms with E-state index in [1.165, 1.54) is 12.7 Å². The minimum atomic E-state index is 0. The van der Waals surface area contributed by atoms with Crippen LogP contribution in [0.25, 0.3) is 0 Å². The van der Waals surface area contributed by atoms with Crippen LogP contribution in [-0.4, -0.2) is 18.8 Å². The van der Waals surface area contributed by atoms with Gasteiger partial charge in [-0.2, -0.15) is 0 Å². The average Bonchev–Trinajstić information content (AvgIpc) is 1.37. The Morgan fingerprint density at radius 3 is 1.50 bits per heavy atom. The lowest BCUT2D eigenvalue weighted by Gasteiger charge is -1.67. The van der Waals surface area contributed by atoms with E-state index < -0.39 is 0 Å². The molecule has 0 saturated carbocycles. The zero-order valence-corrected chi connectivity index (χ0v) is 4.41. The third-order valence-corrected chi connectivity index (χ3v) is 0.500. The lowest BCUT2D eigenvalue weighted by atomic mass is 10.0. The highest BCUT2D eigenvalue weighted by molar-refractivity contribution is 6.08. The van der Waals surface area contributed by atoms with E-state index in [1.807, 2.05) is 0 Å². The van der Waals surface area contributed by atoms with E-state index >= 15 is 0 Å². The number of rotatable bonds is 1. The Morgan fingerprint density at radius 1 is 1.33 bits per heavy atom. The van der Waals surface area contributed by atoms with Crippen LogP contribution >= 0.6 is 0 Å². The number of hydrogen-bond acceptors (Lipinski definition) is 0. The van der Waals surface area contributed by atoms with Crippen molar-refractivity contribution in [3.8, 4) is 0 Å². The average molecular weight is 91.9 g/mol. The molecule has 0 heterocycles. The van der Waals surface area contributed by atoms with Crippen LogP contribution in [0.5, 0.6) is 0 Å². The van der Waals surface area contributed by atoms with Crippen molar-refractivity contribution in [2.45, 2.75) is 19.7 Å². The van der Waals surface area contributed by atoms with Crippen molar-refractivity contribution < 1.29 is 11.0 Å². The molecule has 4 N–H and O–H groups in total. The molecule has 0 aromatic carbocycles. The zero-order chi connectivity index (χ0) is 3.41. The first-order valence-electron chi connectivity index (χ1n) is 1.91. The summed E-state index contributed by atoms with van der Waals surface area (Å²) in [6.07, 6.45) is 2.64. The summed E-state index contributed by atoms with van der Waals surface area (Å²) in [5.41, 5.74) is 0. The molecule has 3 heteroatoms. The van der Waals surface area contributed by atoms with Gasteiger partial charge in [0.05, 0.1) is 0 Å². The Kier molecular flexibility index (Phi) is 55.9. The van der Waals surface area contributed by atoms with Gasteiger partial charge >= 0.3 is 0 Å². The summed E-state index contributed by atoms with van der Waals surface area (Å²) in [4.78, 5) is 0. The Hall–Kier alpha value is -0.0151. The van der Waals surface area contributed by atoms with Crippen molar-refractivity contribution in [3.63, 3.8) is 0 Å². The summed E-state index contributed by atoms with van der Waals surface area (Å²) in [6.45, 7) is 2.18. The van der Waals surface area contributed by atoms with Gasteiger partial charge in [0, 0.05) is 0 Å². The van der Waals surface area contributed by atoms with Crippen LogP contribution in [-0.2, 0) is 0 Å². The molecule has 0 unspecified atom stereocenters. The van der Waals surface area contributed by atoms with Crippen molar-refractivity contribution in [1.29, 1.82) is 0 Å². The summed E-state index contributed by atoms with van der Waals surface area (Å²) in [5, 5.41) is 0. The van der Waals surface area contributed by atoms with Gasteiger partial charge < -0.3 is 11.0 Å². The van der Waals surface area contributed by atoms with Gasteiger partial charge in [-0.25, -0.2) is 0 Å². The van der Waals surface area contributed by atoms with Crippen LogP contribution in [0.15, 0.2) is 0 Å². The minimum Gasteiger partial charge on any atom is -0.412 e. The normalized spacial score (nSPS) is 4.83. The van der Waals surface area contributed by atoms with Gasteiger partial charge in [-0.1, -0.05) is 19.7 Å². The molecule has 40 valence electrons. The Balaban J connectivity index is -0.0000000450. The van der Waals surface area contributed by atoms with Gasteiger partial charge in [0.15, 0.2) is 0 Å².